The van der Waals surface area contributed by atoms with Gasteiger partial charge in [-0.25, -0.2) is 0 Å². The smallest absolute Gasteiger partial charge is 0.309 e. The Morgan fingerprint density at radius 3 is 2.79 bits per heavy atom. The highest BCUT2D eigenvalue weighted by Crippen LogP contribution is 2.42. The van der Waals surface area contributed by atoms with Gasteiger partial charge >= 0.3 is 6.18 Å². The fourth-order valence-electron chi connectivity index (χ4n) is 3.52. The molecule has 1 aliphatic heterocycles. The maximum Gasteiger partial charge on any atom is 0.416 e. The van der Waals surface area contributed by atoms with Gasteiger partial charge in [-0.05, 0) is 60.9 Å². The topological polar surface area (TPSA) is 12.0 Å². The lowest BCUT2D eigenvalue weighted by Crippen LogP contribution is -2.41. The van der Waals surface area contributed by atoms with E-state index >= 15 is 0 Å². The summed E-state index contributed by atoms with van der Waals surface area (Å²) in [6, 6.07) is 4.49. The molecule has 0 unspecified atom stereocenters. The predicted octanol–water partition coefficient (Wildman–Crippen LogP) is 3.94. The predicted molar refractivity (Wildman–Crippen MR) is 67.8 cm³/mol. The lowest BCUT2D eigenvalue weighted by atomic mass is 9.73. The van der Waals surface area contributed by atoms with Crippen LogP contribution in [0.25, 0.3) is 0 Å². The Balaban J connectivity index is 1.93. The van der Waals surface area contributed by atoms with E-state index in [9.17, 15) is 13.2 Å². The van der Waals surface area contributed by atoms with Crippen molar-refractivity contribution in [2.45, 2.75) is 38.4 Å². The Bertz CT molecular complexity index is 481. The molecule has 1 nitrogen and oxygen atoms in total. The number of hydrogen-bond donors (Lipinski definition) is 1. The van der Waals surface area contributed by atoms with Crippen molar-refractivity contribution in [1.82, 2.24) is 5.32 Å². The van der Waals surface area contributed by atoms with E-state index in [0.717, 1.165) is 30.5 Å². The Labute approximate surface area is 111 Å². The lowest BCUT2D eigenvalue weighted by Gasteiger charge is -2.40. The fraction of sp³-hybridized carbons (Fsp3) is 0.600. The number of halogens is 3. The third-order valence-electron chi connectivity index (χ3n) is 4.45. The highest BCUT2D eigenvalue weighted by atomic mass is 19.4. The van der Waals surface area contributed by atoms with Gasteiger partial charge in [0.05, 0.1) is 5.56 Å². The van der Waals surface area contributed by atoms with Gasteiger partial charge in [-0.3, -0.25) is 0 Å². The number of rotatable bonds is 0. The normalized spacial score (nSPS) is 30.6. The van der Waals surface area contributed by atoms with E-state index in [4.69, 9.17) is 0 Å². The summed E-state index contributed by atoms with van der Waals surface area (Å²) >= 11 is 0. The van der Waals surface area contributed by atoms with E-state index in [0.29, 0.717) is 11.8 Å². The first-order valence-corrected chi connectivity index (χ1v) is 6.88. The number of piperidine rings is 1. The summed E-state index contributed by atoms with van der Waals surface area (Å²) in [6.07, 6.45) is -1.29. The molecule has 4 heteroatoms. The molecule has 1 fully saturated rings. The first-order valence-electron chi connectivity index (χ1n) is 6.88. The third-order valence-corrected chi connectivity index (χ3v) is 4.45. The van der Waals surface area contributed by atoms with Gasteiger partial charge in [-0.2, -0.15) is 13.2 Å². The van der Waals surface area contributed by atoms with Crippen LogP contribution in [-0.2, 0) is 12.6 Å². The maximum absolute atomic E-state index is 12.7. The van der Waals surface area contributed by atoms with Gasteiger partial charge in [-0.1, -0.05) is 13.0 Å². The standard InChI is InChI=1S/C15H18F3N/c1-9-6-11-3-2-10-7-12(15(16,17)18)4-5-13(10)14(11)19-8-9/h4-5,7,9,11,14,19H,2-3,6,8H2,1H3/t9-,11+,14-/m1/s1. The van der Waals surface area contributed by atoms with Crippen molar-refractivity contribution in [3.63, 3.8) is 0 Å². The molecule has 0 spiro atoms. The van der Waals surface area contributed by atoms with Crippen LogP contribution in [0.4, 0.5) is 13.2 Å². The Morgan fingerprint density at radius 1 is 1.26 bits per heavy atom. The second kappa shape index (κ2) is 4.51. The molecule has 0 bridgehead atoms. The highest BCUT2D eigenvalue weighted by molar-refractivity contribution is 5.38. The number of benzene rings is 1. The number of aryl methyl sites for hydroxylation is 1. The lowest BCUT2D eigenvalue weighted by molar-refractivity contribution is -0.137. The van der Waals surface area contributed by atoms with Crippen molar-refractivity contribution < 1.29 is 13.2 Å². The summed E-state index contributed by atoms with van der Waals surface area (Å²) in [6.45, 7) is 3.19. The van der Waals surface area contributed by atoms with Gasteiger partial charge in [-0.15, -0.1) is 0 Å². The van der Waals surface area contributed by atoms with Gasteiger partial charge in [0.2, 0.25) is 0 Å². The number of nitrogens with one attached hydrogen (secondary N) is 1. The van der Waals surface area contributed by atoms with Crippen LogP contribution in [0.1, 0.15) is 42.5 Å². The molecule has 1 heterocycles. The average Bonchev–Trinajstić information content (AvgIpc) is 2.36. The summed E-state index contributed by atoms with van der Waals surface area (Å²) in [4.78, 5) is 0. The molecule has 1 aliphatic carbocycles. The number of alkyl halides is 3. The second-order valence-corrected chi connectivity index (χ2v) is 5.94. The van der Waals surface area contributed by atoms with Crippen LogP contribution in [0.2, 0.25) is 0 Å². The van der Waals surface area contributed by atoms with Crippen molar-refractivity contribution >= 4 is 0 Å². The minimum Gasteiger partial charge on any atom is -0.309 e. The van der Waals surface area contributed by atoms with Gasteiger partial charge in [0, 0.05) is 6.04 Å². The Kier molecular flexibility index (Phi) is 3.08. The Morgan fingerprint density at radius 2 is 2.05 bits per heavy atom. The maximum atomic E-state index is 12.7. The van der Waals surface area contributed by atoms with Gasteiger partial charge in [0.25, 0.3) is 0 Å². The molecule has 1 aromatic rings. The van der Waals surface area contributed by atoms with E-state index in [1.54, 1.807) is 6.07 Å². The van der Waals surface area contributed by atoms with Gasteiger partial charge in [0.15, 0.2) is 0 Å². The van der Waals surface area contributed by atoms with Crippen molar-refractivity contribution in [3.05, 3.63) is 34.9 Å². The first-order chi connectivity index (χ1) is 8.95. The molecule has 0 saturated carbocycles. The zero-order chi connectivity index (χ0) is 13.6. The summed E-state index contributed by atoms with van der Waals surface area (Å²) in [5, 5.41) is 3.50. The number of fused-ring (bicyclic) bond motifs is 3. The molecule has 0 amide bonds. The second-order valence-electron chi connectivity index (χ2n) is 5.94. The molecule has 104 valence electrons. The molecule has 0 radical (unpaired) electrons. The molecule has 1 N–H and O–H groups in total. The quantitative estimate of drug-likeness (QED) is 0.752. The molecule has 1 aromatic carbocycles. The molecule has 3 rings (SSSR count). The van der Waals surface area contributed by atoms with E-state index in [1.165, 1.54) is 18.6 Å². The molecule has 19 heavy (non-hydrogen) atoms. The van der Waals surface area contributed by atoms with Crippen LogP contribution in [-0.4, -0.2) is 6.54 Å². The molecular formula is C15H18F3N. The van der Waals surface area contributed by atoms with Gasteiger partial charge in [0.1, 0.15) is 0 Å². The van der Waals surface area contributed by atoms with Gasteiger partial charge < -0.3 is 5.32 Å². The minimum atomic E-state index is -4.24. The summed E-state index contributed by atoms with van der Waals surface area (Å²) in [5.74, 6) is 1.24. The average molecular weight is 269 g/mol. The zero-order valence-electron chi connectivity index (χ0n) is 10.9. The van der Waals surface area contributed by atoms with Crippen molar-refractivity contribution in [2.75, 3.05) is 6.54 Å². The Hall–Kier alpha value is -1.03. The summed E-state index contributed by atoms with van der Waals surface area (Å²) in [5.41, 5.74) is 1.43. The number of hydrogen-bond acceptors (Lipinski definition) is 1. The van der Waals surface area contributed by atoms with E-state index in [-0.39, 0.29) is 6.04 Å². The van der Waals surface area contributed by atoms with Crippen LogP contribution in [0.5, 0.6) is 0 Å². The molecule has 1 saturated heterocycles. The first kappa shape index (κ1) is 13.0. The van der Waals surface area contributed by atoms with Crippen LogP contribution >= 0.6 is 0 Å². The molecular weight excluding hydrogens is 251 g/mol. The summed E-state index contributed by atoms with van der Waals surface area (Å²) < 4.78 is 38.2. The van der Waals surface area contributed by atoms with Crippen LogP contribution in [0, 0.1) is 11.8 Å². The summed E-state index contributed by atoms with van der Waals surface area (Å²) in [7, 11) is 0. The van der Waals surface area contributed by atoms with Crippen LogP contribution in [0.3, 0.4) is 0 Å². The largest absolute Gasteiger partial charge is 0.416 e. The molecule has 3 atom stereocenters. The third kappa shape index (κ3) is 2.38. The van der Waals surface area contributed by atoms with E-state index < -0.39 is 11.7 Å². The fourth-order valence-corrected chi connectivity index (χ4v) is 3.52. The van der Waals surface area contributed by atoms with Crippen LogP contribution in [0.15, 0.2) is 18.2 Å². The van der Waals surface area contributed by atoms with Crippen molar-refractivity contribution in [2.24, 2.45) is 11.8 Å². The minimum absolute atomic E-state index is 0.252. The SMILES string of the molecule is C[C@H]1CN[C@H]2c3ccc(C(F)(F)F)cc3CC[C@H]2C1. The molecule has 2 aliphatic rings. The van der Waals surface area contributed by atoms with Crippen LogP contribution < -0.4 is 5.32 Å². The van der Waals surface area contributed by atoms with Crippen molar-refractivity contribution in [3.8, 4) is 0 Å². The monoisotopic (exact) mass is 269 g/mol. The van der Waals surface area contributed by atoms with Crippen molar-refractivity contribution in [1.29, 1.82) is 0 Å². The highest BCUT2D eigenvalue weighted by Gasteiger charge is 2.36. The zero-order valence-corrected chi connectivity index (χ0v) is 10.9. The van der Waals surface area contributed by atoms with E-state index in [1.807, 2.05) is 0 Å². The van der Waals surface area contributed by atoms with E-state index in [2.05, 4.69) is 12.2 Å². The molecule has 0 aromatic heterocycles.